The fourth-order valence-electron chi connectivity index (χ4n) is 12.1. The molecule has 0 radical (unpaired) electrons. The van der Waals surface area contributed by atoms with E-state index in [1.165, 1.54) is 30.3 Å². The van der Waals surface area contributed by atoms with Crippen molar-refractivity contribution in [2.45, 2.75) is 134 Å². The van der Waals surface area contributed by atoms with Gasteiger partial charge in [0.1, 0.15) is 47.6 Å². The highest BCUT2D eigenvalue weighted by Crippen LogP contribution is 2.47. The molecule has 0 N–H and O–H groups in total. The first-order valence-electron chi connectivity index (χ1n) is 24.3. The molecule has 68 heavy (non-hydrogen) atoms. The van der Waals surface area contributed by atoms with Crippen molar-refractivity contribution < 1.29 is 41.9 Å². The number of aromatic nitrogens is 3. The van der Waals surface area contributed by atoms with Gasteiger partial charge in [-0.2, -0.15) is 9.97 Å². The summed E-state index contributed by atoms with van der Waals surface area (Å²) in [6, 6.07) is 12.2. The summed E-state index contributed by atoms with van der Waals surface area (Å²) >= 11 is 0. The second kappa shape index (κ2) is 18.8. The van der Waals surface area contributed by atoms with Gasteiger partial charge in [-0.3, -0.25) is 20.0 Å². The van der Waals surface area contributed by atoms with Crippen LogP contribution in [-0.4, -0.2) is 95.9 Å². The van der Waals surface area contributed by atoms with Gasteiger partial charge in [0.15, 0.2) is 5.82 Å². The maximum atomic E-state index is 17.9. The molecule has 4 saturated heterocycles. The topological polar surface area (TPSA) is 152 Å². The Labute approximate surface area is 397 Å². The van der Waals surface area contributed by atoms with E-state index in [2.05, 4.69) is 51.3 Å². The molecule has 9 rings (SSSR count). The summed E-state index contributed by atoms with van der Waals surface area (Å²) in [6.07, 6.45) is 7.11. The molecule has 4 fully saturated rings. The number of ether oxygens (including phenoxy) is 4. The molecule has 14 nitrogen and oxygen atoms in total. The van der Waals surface area contributed by atoms with Crippen molar-refractivity contribution >= 4 is 47.7 Å². The molecule has 1 unspecified atom stereocenters. The molecule has 5 aromatic rings. The highest BCUT2D eigenvalue weighted by atomic mass is 28.4. The van der Waals surface area contributed by atoms with Crippen LogP contribution in [0.1, 0.15) is 99.0 Å². The second-order valence-corrected chi connectivity index (χ2v) is 25.5. The summed E-state index contributed by atoms with van der Waals surface area (Å²) in [7, 11) is -2.47. The third-order valence-corrected chi connectivity index (χ3v) is 21.4. The number of hydrogen-bond donors (Lipinski definition) is 0. The Kier molecular flexibility index (Phi) is 13.1. The zero-order valence-corrected chi connectivity index (χ0v) is 41.1. The third kappa shape index (κ3) is 8.63. The number of halogens is 2. The van der Waals surface area contributed by atoms with Crippen molar-refractivity contribution in [1.82, 2.24) is 19.9 Å². The number of carbonyl (C=O) groups excluding carboxylic acids is 1. The molecule has 2 aromatic heterocycles. The van der Waals surface area contributed by atoms with Gasteiger partial charge in [-0.1, -0.05) is 54.5 Å². The van der Waals surface area contributed by atoms with Gasteiger partial charge in [-0.15, -0.1) is 0 Å². The van der Waals surface area contributed by atoms with Gasteiger partial charge in [0.05, 0.1) is 28.1 Å². The maximum Gasteiger partial charge on any atom is 0.513 e. The lowest BCUT2D eigenvalue weighted by Crippen LogP contribution is -2.56. The highest BCUT2D eigenvalue weighted by molar-refractivity contribution is 6.78. The number of carbonyl (C=O) groups is 1. The lowest BCUT2D eigenvalue weighted by Gasteiger charge is -2.48. The average Bonchev–Trinajstić information content (AvgIpc) is 3.88. The molecule has 1 spiro atoms. The summed E-state index contributed by atoms with van der Waals surface area (Å²) in [4.78, 5) is 42.4. The van der Waals surface area contributed by atoms with Crippen LogP contribution in [0.25, 0.3) is 32.9 Å². The molecule has 17 heteroatoms. The molecular weight excluding hydrogens is 891 g/mol. The van der Waals surface area contributed by atoms with Crippen LogP contribution in [0.15, 0.2) is 54.7 Å². The highest BCUT2D eigenvalue weighted by Gasteiger charge is 2.51. The second-order valence-electron chi connectivity index (χ2n) is 20.1. The zero-order chi connectivity index (χ0) is 48.1. The number of anilines is 1. The number of aryl methyl sites for hydroxylation is 1. The normalized spacial score (nSPS) is 21.8. The molecular formula is C51H62F2N6O8Si. The minimum Gasteiger partial charge on any atom is -0.543 e. The van der Waals surface area contributed by atoms with E-state index in [-0.39, 0.29) is 76.0 Å². The fourth-order valence-corrected chi connectivity index (χ4v) is 17.3. The van der Waals surface area contributed by atoms with Crippen molar-refractivity contribution in [3.8, 4) is 28.8 Å². The lowest BCUT2D eigenvalue weighted by molar-refractivity contribution is -0.384. The predicted octanol–water partition coefficient (Wildman–Crippen LogP) is 11.5. The molecule has 362 valence electrons. The number of fused-ring (bicyclic) bond motifs is 3. The number of piperidine rings is 1. The predicted molar refractivity (Wildman–Crippen MR) is 258 cm³/mol. The number of non-ortho nitro benzene ring substituents is 1. The Hall–Kier alpha value is -5.52. The molecule has 0 aliphatic carbocycles. The Bertz CT molecular complexity index is 2700. The fraction of sp³-hybridized carbons (Fsp3) is 0.529. The molecule has 3 aromatic carbocycles. The number of nitro benzene ring substituents is 1. The number of nitro groups is 1. The molecule has 0 saturated carbocycles. The van der Waals surface area contributed by atoms with Gasteiger partial charge in [-0.25, -0.2) is 13.6 Å². The minimum atomic E-state index is -2.47. The molecule has 0 bridgehead atoms. The third-order valence-electron chi connectivity index (χ3n) is 15.3. The largest absolute Gasteiger partial charge is 0.543 e. The van der Waals surface area contributed by atoms with Gasteiger partial charge < -0.3 is 28.3 Å². The first-order chi connectivity index (χ1) is 32.6. The Morgan fingerprint density at radius 1 is 0.956 bits per heavy atom. The van der Waals surface area contributed by atoms with Crippen LogP contribution in [0.2, 0.25) is 16.6 Å². The van der Waals surface area contributed by atoms with Crippen molar-refractivity contribution in [2.24, 2.45) is 0 Å². The summed E-state index contributed by atoms with van der Waals surface area (Å²) < 4.78 is 64.5. The molecule has 4 aliphatic rings. The summed E-state index contributed by atoms with van der Waals surface area (Å²) in [5, 5.41) is 12.8. The monoisotopic (exact) mass is 952 g/mol. The van der Waals surface area contributed by atoms with Crippen LogP contribution in [0.3, 0.4) is 0 Å². The van der Waals surface area contributed by atoms with E-state index in [1.54, 1.807) is 12.3 Å². The first-order valence-corrected chi connectivity index (χ1v) is 26.4. The van der Waals surface area contributed by atoms with E-state index in [4.69, 9.17) is 38.3 Å². The summed E-state index contributed by atoms with van der Waals surface area (Å²) in [5.41, 5.74) is 1.04. The smallest absolute Gasteiger partial charge is 0.513 e. The number of hydrogen-bond acceptors (Lipinski definition) is 13. The van der Waals surface area contributed by atoms with Crippen LogP contribution >= 0.6 is 0 Å². The van der Waals surface area contributed by atoms with E-state index >= 15 is 8.78 Å². The van der Waals surface area contributed by atoms with Crippen LogP contribution < -0.4 is 18.8 Å². The Morgan fingerprint density at radius 3 is 2.37 bits per heavy atom. The van der Waals surface area contributed by atoms with Crippen LogP contribution in [0.4, 0.5) is 25.1 Å². The first kappa shape index (κ1) is 47.5. The van der Waals surface area contributed by atoms with Crippen LogP contribution in [0.5, 0.6) is 17.5 Å². The van der Waals surface area contributed by atoms with E-state index in [0.717, 1.165) is 56.9 Å². The van der Waals surface area contributed by atoms with E-state index in [9.17, 15) is 14.9 Å². The Morgan fingerprint density at radius 2 is 1.69 bits per heavy atom. The van der Waals surface area contributed by atoms with E-state index in [1.807, 2.05) is 19.1 Å². The number of nitrogens with zero attached hydrogens (tertiary/aromatic N) is 6. The quantitative estimate of drug-likeness (QED) is 0.0322. The summed E-state index contributed by atoms with van der Waals surface area (Å²) in [6.45, 7) is 18.3. The van der Waals surface area contributed by atoms with Crippen molar-refractivity contribution in [1.29, 1.82) is 0 Å². The van der Waals surface area contributed by atoms with Gasteiger partial charge >= 0.3 is 12.2 Å². The van der Waals surface area contributed by atoms with Crippen molar-refractivity contribution in [2.75, 3.05) is 44.4 Å². The molecule has 4 aliphatic heterocycles. The summed E-state index contributed by atoms with van der Waals surface area (Å²) in [5.74, 6) is 0.243. The van der Waals surface area contributed by atoms with Crippen molar-refractivity contribution in [3.05, 3.63) is 82.0 Å². The number of rotatable bonds is 15. The zero-order valence-electron chi connectivity index (χ0n) is 40.1. The van der Waals surface area contributed by atoms with Gasteiger partial charge in [0, 0.05) is 49.4 Å². The van der Waals surface area contributed by atoms with E-state index < -0.39 is 30.8 Å². The van der Waals surface area contributed by atoms with E-state index in [0.29, 0.717) is 59.6 Å². The van der Waals surface area contributed by atoms with Crippen LogP contribution in [-0.2, 0) is 15.9 Å². The van der Waals surface area contributed by atoms with Crippen molar-refractivity contribution in [3.63, 3.8) is 0 Å². The SMILES string of the molecule is CCc1c(F)ccc2cc(O[Si](C(C)C)(C(C)C)C(C)C)cc(-c3ncc4c(N5CCCC6(CCO6)C5)nc(OC[C@@]56CCCN5[C@H](COC(=O)Oc5ccc([N+](=O)[O-])cc5)CC6)nc4c3F)c12. The standard InChI is InChI=1S/C51H62F2N6O8Si/c1-8-39-42(52)16-11-34-25-38(67-68(31(2)3,32(4)5)33(6)7)26-40(43(34)39)45-44(53)46-41(27-54-45)47(57-22-10-19-51(29-57)21-24-65-51)56-48(55-46)64-30-50-18-9-23-58(50)36(17-20-50)28-63-49(60)66-37-14-12-35(13-15-37)59(61)62/h11-16,25-27,31-33,36H,8-10,17-24,28-30H2,1-7H3/t36-,50-,51?/m0/s1. The molecule has 0 amide bonds. The number of pyridine rings is 1. The molecule has 6 heterocycles. The van der Waals surface area contributed by atoms with Gasteiger partial charge in [0.2, 0.25) is 0 Å². The van der Waals surface area contributed by atoms with Gasteiger partial charge in [-0.05, 0) is 115 Å². The molecule has 3 atom stereocenters. The van der Waals surface area contributed by atoms with Crippen LogP contribution in [0, 0.1) is 21.7 Å². The average molecular weight is 953 g/mol. The number of benzene rings is 3. The lowest BCUT2D eigenvalue weighted by atomic mass is 9.86. The minimum absolute atomic E-state index is 0.0362. The van der Waals surface area contributed by atoms with Gasteiger partial charge in [0.25, 0.3) is 14.0 Å². The maximum absolute atomic E-state index is 17.9. The Balaban J connectivity index is 1.06.